The van der Waals surface area contributed by atoms with Gasteiger partial charge in [-0.3, -0.25) is 14.4 Å². The number of rotatable bonds is 3. The molecule has 6 nitrogen and oxygen atoms in total. The van der Waals surface area contributed by atoms with E-state index in [0.29, 0.717) is 11.3 Å². The molecule has 7 heteroatoms. The van der Waals surface area contributed by atoms with E-state index in [1.807, 2.05) is 30.3 Å². The van der Waals surface area contributed by atoms with Gasteiger partial charge in [0.25, 0.3) is 0 Å². The number of carbonyl (C=O) groups excluding carboxylic acids is 2. The molecule has 1 fully saturated rings. The molecule has 2 aromatic rings. The Bertz CT molecular complexity index is 947. The number of aliphatic carboxylic acids is 1. The van der Waals surface area contributed by atoms with E-state index in [1.54, 1.807) is 0 Å². The molecule has 0 bridgehead atoms. The third kappa shape index (κ3) is 3.24. The first-order chi connectivity index (χ1) is 13.4. The van der Waals surface area contributed by atoms with Gasteiger partial charge in [-0.15, -0.1) is 0 Å². The molecule has 4 rings (SSSR count). The van der Waals surface area contributed by atoms with Crippen LogP contribution in [0.15, 0.2) is 48.5 Å². The van der Waals surface area contributed by atoms with Crippen LogP contribution in [0.1, 0.15) is 29.4 Å². The van der Waals surface area contributed by atoms with Gasteiger partial charge in [0.15, 0.2) is 0 Å². The number of halogens is 1. The zero-order valence-corrected chi connectivity index (χ0v) is 15.0. The number of amides is 2. The zero-order valence-electron chi connectivity index (χ0n) is 15.0. The molecule has 2 amide bonds. The average Bonchev–Trinajstić information content (AvgIpc) is 3.13. The van der Waals surface area contributed by atoms with Crippen LogP contribution in [-0.4, -0.2) is 40.9 Å². The number of hydrogen-bond acceptors (Lipinski definition) is 3. The molecule has 0 aliphatic carbocycles. The summed E-state index contributed by atoms with van der Waals surface area (Å²) in [5.74, 6) is -3.87. The number of carboxylic acid groups (broad SMARTS) is 1. The van der Waals surface area contributed by atoms with E-state index in [1.165, 1.54) is 23.1 Å². The number of hydrogen-bond donors (Lipinski definition) is 2. The van der Waals surface area contributed by atoms with Crippen LogP contribution in [0.3, 0.4) is 0 Å². The SMILES string of the molecule is O=C1CC(C(=O)N2CC(C(=O)O)C(c3ccccc3)C2)c2ccc(F)cc2N1. The fourth-order valence-electron chi connectivity index (χ4n) is 4.15. The van der Waals surface area contributed by atoms with Crippen LogP contribution in [-0.2, 0) is 14.4 Å². The number of carbonyl (C=O) groups is 3. The lowest BCUT2D eigenvalue weighted by Gasteiger charge is -2.28. The molecule has 2 N–H and O–H groups in total. The van der Waals surface area contributed by atoms with E-state index >= 15 is 0 Å². The van der Waals surface area contributed by atoms with Gasteiger partial charge in [0, 0.05) is 31.1 Å². The molecule has 0 spiro atoms. The van der Waals surface area contributed by atoms with Crippen molar-refractivity contribution >= 4 is 23.5 Å². The van der Waals surface area contributed by atoms with Gasteiger partial charge in [-0.1, -0.05) is 36.4 Å². The molecule has 144 valence electrons. The summed E-state index contributed by atoms with van der Waals surface area (Å²) < 4.78 is 13.5. The molecule has 0 saturated carbocycles. The minimum absolute atomic E-state index is 0.0400. The fraction of sp³-hybridized carbons (Fsp3) is 0.286. The van der Waals surface area contributed by atoms with Crippen LogP contribution in [0.25, 0.3) is 0 Å². The van der Waals surface area contributed by atoms with Crippen LogP contribution in [0.4, 0.5) is 10.1 Å². The highest BCUT2D eigenvalue weighted by Gasteiger charge is 2.43. The highest BCUT2D eigenvalue weighted by Crippen LogP contribution is 2.38. The summed E-state index contributed by atoms with van der Waals surface area (Å²) in [6.45, 7) is 0.358. The Balaban J connectivity index is 1.62. The van der Waals surface area contributed by atoms with Crippen molar-refractivity contribution in [3.63, 3.8) is 0 Å². The maximum atomic E-state index is 13.5. The van der Waals surface area contributed by atoms with Crippen molar-refractivity contribution in [2.75, 3.05) is 18.4 Å². The third-order valence-electron chi connectivity index (χ3n) is 5.53. The Hall–Kier alpha value is -3.22. The van der Waals surface area contributed by atoms with E-state index in [9.17, 15) is 23.9 Å². The highest BCUT2D eigenvalue weighted by atomic mass is 19.1. The number of anilines is 1. The summed E-state index contributed by atoms with van der Waals surface area (Å²) in [4.78, 5) is 38.5. The lowest BCUT2D eigenvalue weighted by molar-refractivity contribution is -0.142. The Kier molecular flexibility index (Phi) is 4.58. The summed E-state index contributed by atoms with van der Waals surface area (Å²) in [5.41, 5.74) is 1.72. The Morgan fingerprint density at radius 3 is 2.57 bits per heavy atom. The summed E-state index contributed by atoms with van der Waals surface area (Å²) in [5, 5.41) is 12.2. The van der Waals surface area contributed by atoms with Gasteiger partial charge >= 0.3 is 5.97 Å². The molecular formula is C21H19FN2O4. The molecule has 1 saturated heterocycles. The topological polar surface area (TPSA) is 86.7 Å². The molecule has 28 heavy (non-hydrogen) atoms. The van der Waals surface area contributed by atoms with Gasteiger partial charge < -0.3 is 15.3 Å². The van der Waals surface area contributed by atoms with Gasteiger partial charge in [0.05, 0.1) is 11.8 Å². The molecular weight excluding hydrogens is 363 g/mol. The lowest BCUT2D eigenvalue weighted by Crippen LogP contribution is -2.38. The van der Waals surface area contributed by atoms with E-state index < -0.39 is 23.6 Å². The van der Waals surface area contributed by atoms with E-state index in [4.69, 9.17) is 0 Å². The van der Waals surface area contributed by atoms with Gasteiger partial charge in [0.1, 0.15) is 5.82 Å². The van der Waals surface area contributed by atoms with Crippen molar-refractivity contribution in [1.82, 2.24) is 4.90 Å². The predicted molar refractivity (Wildman–Crippen MR) is 99.3 cm³/mol. The molecule has 0 radical (unpaired) electrons. The molecule has 2 aromatic carbocycles. The number of carboxylic acids is 1. The molecule has 3 unspecified atom stereocenters. The van der Waals surface area contributed by atoms with Crippen LogP contribution < -0.4 is 5.32 Å². The van der Waals surface area contributed by atoms with Crippen molar-refractivity contribution in [2.24, 2.45) is 5.92 Å². The number of nitrogens with zero attached hydrogens (tertiary/aromatic N) is 1. The van der Waals surface area contributed by atoms with Crippen molar-refractivity contribution in [3.05, 3.63) is 65.5 Å². The van der Waals surface area contributed by atoms with Gasteiger partial charge in [0.2, 0.25) is 11.8 Å². The molecule has 0 aromatic heterocycles. The molecule has 2 aliphatic heterocycles. The normalized spacial score (nSPS) is 23.8. The van der Waals surface area contributed by atoms with Crippen molar-refractivity contribution in [3.8, 4) is 0 Å². The highest BCUT2D eigenvalue weighted by molar-refractivity contribution is 6.01. The minimum Gasteiger partial charge on any atom is -0.481 e. The molecule has 2 aliphatic rings. The third-order valence-corrected chi connectivity index (χ3v) is 5.53. The van der Waals surface area contributed by atoms with E-state index in [2.05, 4.69) is 5.32 Å². The maximum absolute atomic E-state index is 13.5. The second-order valence-electron chi connectivity index (χ2n) is 7.24. The first-order valence-electron chi connectivity index (χ1n) is 9.10. The predicted octanol–water partition coefficient (Wildman–Crippen LogP) is 2.58. The summed E-state index contributed by atoms with van der Waals surface area (Å²) in [7, 11) is 0. The minimum atomic E-state index is -0.951. The molecule has 2 heterocycles. The van der Waals surface area contributed by atoms with Crippen LogP contribution in [0.2, 0.25) is 0 Å². The van der Waals surface area contributed by atoms with Crippen molar-refractivity contribution in [1.29, 1.82) is 0 Å². The van der Waals surface area contributed by atoms with E-state index in [0.717, 1.165) is 5.56 Å². The van der Waals surface area contributed by atoms with Crippen LogP contribution in [0, 0.1) is 11.7 Å². The van der Waals surface area contributed by atoms with Crippen LogP contribution >= 0.6 is 0 Å². The van der Waals surface area contributed by atoms with E-state index in [-0.39, 0.29) is 37.2 Å². The van der Waals surface area contributed by atoms with Gasteiger partial charge in [-0.25, -0.2) is 4.39 Å². The maximum Gasteiger partial charge on any atom is 0.308 e. The van der Waals surface area contributed by atoms with Crippen LogP contribution in [0.5, 0.6) is 0 Å². The summed E-state index contributed by atoms with van der Waals surface area (Å²) in [6.07, 6.45) is -0.0400. The van der Waals surface area contributed by atoms with Gasteiger partial charge in [-0.05, 0) is 23.3 Å². The van der Waals surface area contributed by atoms with Gasteiger partial charge in [-0.2, -0.15) is 0 Å². The monoisotopic (exact) mass is 382 g/mol. The number of benzene rings is 2. The summed E-state index contributed by atoms with van der Waals surface area (Å²) in [6, 6.07) is 13.2. The smallest absolute Gasteiger partial charge is 0.308 e. The fourth-order valence-corrected chi connectivity index (χ4v) is 4.15. The first-order valence-corrected chi connectivity index (χ1v) is 9.10. The standard InChI is InChI=1S/C21H19FN2O4/c22-13-6-7-14-15(9-19(25)23-18(14)8-13)20(26)24-10-16(17(11-24)21(27)28)12-4-2-1-3-5-12/h1-8,15-17H,9-11H2,(H,23,25)(H,27,28). The number of fused-ring (bicyclic) bond motifs is 1. The Morgan fingerprint density at radius 1 is 1.11 bits per heavy atom. The number of likely N-dealkylation sites (tertiary alicyclic amines) is 1. The second kappa shape index (κ2) is 7.07. The van der Waals surface area contributed by atoms with Crippen molar-refractivity contribution < 1.29 is 23.9 Å². The molecule has 3 atom stereocenters. The quantitative estimate of drug-likeness (QED) is 0.854. The largest absolute Gasteiger partial charge is 0.481 e. The Labute approximate surface area is 161 Å². The average molecular weight is 382 g/mol. The lowest BCUT2D eigenvalue weighted by atomic mass is 9.89. The van der Waals surface area contributed by atoms with Crippen molar-refractivity contribution in [2.45, 2.75) is 18.3 Å². The Morgan fingerprint density at radius 2 is 1.86 bits per heavy atom. The summed E-state index contributed by atoms with van der Waals surface area (Å²) >= 11 is 0. The zero-order chi connectivity index (χ0) is 19.8. The first kappa shape index (κ1) is 18.2. The number of nitrogens with one attached hydrogen (secondary N) is 1. The second-order valence-corrected chi connectivity index (χ2v) is 7.24.